The molecule has 1 aliphatic heterocycles. The van der Waals surface area contributed by atoms with Crippen molar-refractivity contribution in [3.05, 3.63) is 33.6 Å². The lowest BCUT2D eigenvalue weighted by Crippen LogP contribution is -2.24. The van der Waals surface area contributed by atoms with Crippen molar-refractivity contribution in [2.45, 2.75) is 38.3 Å². The average Bonchev–Trinajstić information content (AvgIpc) is 2.87. The Balaban J connectivity index is 1.92. The van der Waals surface area contributed by atoms with Crippen molar-refractivity contribution < 1.29 is 9.13 Å². The summed E-state index contributed by atoms with van der Waals surface area (Å²) in [4.78, 5) is 0. The Bertz CT molecular complexity index is 436. The summed E-state index contributed by atoms with van der Waals surface area (Å²) in [6.45, 7) is 3.60. The fourth-order valence-electron chi connectivity index (χ4n) is 2.37. The Morgan fingerprint density at radius 1 is 1.47 bits per heavy atom. The van der Waals surface area contributed by atoms with Crippen LogP contribution in [-0.2, 0) is 4.74 Å². The van der Waals surface area contributed by atoms with E-state index in [0.717, 1.165) is 32.4 Å². The third kappa shape index (κ3) is 3.82. The minimum Gasteiger partial charge on any atom is -0.378 e. The Morgan fingerprint density at radius 3 is 2.95 bits per heavy atom. The fourth-order valence-corrected chi connectivity index (χ4v) is 3.07. The maximum absolute atomic E-state index is 13.4. The summed E-state index contributed by atoms with van der Waals surface area (Å²) in [6.07, 6.45) is 3.56. The molecule has 1 N–H and O–H groups in total. The third-order valence-corrected chi connectivity index (χ3v) is 4.17. The predicted molar refractivity (Wildman–Crippen MR) is 76.4 cm³/mol. The zero-order chi connectivity index (χ0) is 13.8. The lowest BCUT2D eigenvalue weighted by molar-refractivity contribution is 0.103. The van der Waals surface area contributed by atoms with Crippen molar-refractivity contribution in [2.24, 2.45) is 0 Å². The largest absolute Gasteiger partial charge is 0.378 e. The Hall–Kier alpha value is -0.350. The number of benzene rings is 1. The quantitative estimate of drug-likeness (QED) is 0.817. The van der Waals surface area contributed by atoms with Crippen LogP contribution in [0.5, 0.6) is 0 Å². The second-order valence-electron chi connectivity index (χ2n) is 4.86. The molecule has 0 amide bonds. The van der Waals surface area contributed by atoms with E-state index in [1.54, 1.807) is 0 Å². The molecule has 0 aliphatic carbocycles. The summed E-state index contributed by atoms with van der Waals surface area (Å²) in [5.41, 5.74) is 0.621. The number of ether oxygens (including phenoxy) is 1. The van der Waals surface area contributed by atoms with E-state index in [9.17, 15) is 4.39 Å². The van der Waals surface area contributed by atoms with Crippen molar-refractivity contribution >= 4 is 23.2 Å². The lowest BCUT2D eigenvalue weighted by atomic mass is 10.1. The van der Waals surface area contributed by atoms with Gasteiger partial charge in [-0.2, -0.15) is 0 Å². The molecule has 0 saturated carbocycles. The molecule has 0 aromatic heterocycles. The van der Waals surface area contributed by atoms with Gasteiger partial charge in [0.2, 0.25) is 0 Å². The van der Waals surface area contributed by atoms with Gasteiger partial charge in [-0.1, -0.05) is 23.2 Å². The van der Waals surface area contributed by atoms with Crippen molar-refractivity contribution in [1.29, 1.82) is 0 Å². The predicted octanol–water partition coefficient (Wildman–Crippen LogP) is 4.35. The molecule has 1 aliphatic rings. The van der Waals surface area contributed by atoms with Crippen LogP contribution in [0, 0.1) is 5.82 Å². The average molecular weight is 306 g/mol. The summed E-state index contributed by atoms with van der Waals surface area (Å²) in [5, 5.41) is 3.91. The van der Waals surface area contributed by atoms with E-state index >= 15 is 0 Å². The van der Waals surface area contributed by atoms with E-state index in [0.29, 0.717) is 16.7 Å². The summed E-state index contributed by atoms with van der Waals surface area (Å²) < 4.78 is 19.0. The van der Waals surface area contributed by atoms with Crippen molar-refractivity contribution in [1.82, 2.24) is 5.32 Å². The van der Waals surface area contributed by atoms with Gasteiger partial charge in [0, 0.05) is 23.2 Å². The van der Waals surface area contributed by atoms with E-state index in [-0.39, 0.29) is 11.1 Å². The van der Waals surface area contributed by atoms with Gasteiger partial charge in [-0.3, -0.25) is 0 Å². The molecule has 1 saturated heterocycles. The molecule has 5 heteroatoms. The van der Waals surface area contributed by atoms with E-state index in [1.165, 1.54) is 12.1 Å². The van der Waals surface area contributed by atoms with Gasteiger partial charge in [0.1, 0.15) is 5.82 Å². The van der Waals surface area contributed by atoms with Crippen molar-refractivity contribution in [3.63, 3.8) is 0 Å². The van der Waals surface area contributed by atoms with E-state index in [2.05, 4.69) is 5.32 Å². The molecule has 1 fully saturated rings. The monoisotopic (exact) mass is 305 g/mol. The molecule has 0 bridgehead atoms. The highest BCUT2D eigenvalue weighted by Crippen LogP contribution is 2.32. The first-order chi connectivity index (χ1) is 9.09. The Morgan fingerprint density at radius 2 is 2.26 bits per heavy atom. The molecule has 2 atom stereocenters. The van der Waals surface area contributed by atoms with Gasteiger partial charge in [0.15, 0.2) is 0 Å². The first-order valence-corrected chi connectivity index (χ1v) is 7.33. The van der Waals surface area contributed by atoms with Crippen LogP contribution in [0.15, 0.2) is 12.1 Å². The standard InChI is InChI=1S/C14H18Cl2FNO/c1-9(18-7-6-10-3-2-8-19-10)13-11(15)4-5-12(17)14(13)16/h4-5,9-10,18H,2-3,6-8H2,1H3. The molecule has 106 valence electrons. The zero-order valence-electron chi connectivity index (χ0n) is 10.9. The minimum atomic E-state index is -0.436. The van der Waals surface area contributed by atoms with Gasteiger partial charge in [-0.25, -0.2) is 4.39 Å². The smallest absolute Gasteiger partial charge is 0.142 e. The number of hydrogen-bond acceptors (Lipinski definition) is 2. The zero-order valence-corrected chi connectivity index (χ0v) is 12.4. The lowest BCUT2D eigenvalue weighted by Gasteiger charge is -2.18. The molecule has 1 aromatic rings. The first kappa shape index (κ1) is 15.0. The summed E-state index contributed by atoms with van der Waals surface area (Å²) in [7, 11) is 0. The van der Waals surface area contributed by atoms with Gasteiger partial charge in [-0.15, -0.1) is 0 Å². The van der Waals surface area contributed by atoms with Crippen molar-refractivity contribution in [3.8, 4) is 0 Å². The molecule has 0 spiro atoms. The van der Waals surface area contributed by atoms with Gasteiger partial charge < -0.3 is 10.1 Å². The third-order valence-electron chi connectivity index (χ3n) is 3.45. The molecule has 2 nitrogen and oxygen atoms in total. The molecule has 0 radical (unpaired) electrons. The molecule has 19 heavy (non-hydrogen) atoms. The first-order valence-electron chi connectivity index (χ1n) is 6.58. The van der Waals surface area contributed by atoms with Gasteiger partial charge in [0.05, 0.1) is 11.1 Å². The Kier molecular flexibility index (Phi) is 5.46. The number of halogens is 3. The van der Waals surface area contributed by atoms with Crippen LogP contribution in [0.25, 0.3) is 0 Å². The summed E-state index contributed by atoms with van der Waals surface area (Å²) in [6, 6.07) is 2.74. The maximum atomic E-state index is 13.4. The normalized spacial score (nSPS) is 20.7. The maximum Gasteiger partial charge on any atom is 0.142 e. The molecule has 2 unspecified atom stereocenters. The van der Waals surface area contributed by atoms with Gasteiger partial charge in [0.25, 0.3) is 0 Å². The molecule has 1 aromatic carbocycles. The van der Waals surface area contributed by atoms with Crippen LogP contribution in [0.1, 0.15) is 37.8 Å². The Labute approximate surface area is 123 Å². The van der Waals surface area contributed by atoms with Crippen LogP contribution in [0.3, 0.4) is 0 Å². The van der Waals surface area contributed by atoms with Crippen LogP contribution in [-0.4, -0.2) is 19.3 Å². The highest BCUT2D eigenvalue weighted by Gasteiger charge is 2.18. The van der Waals surface area contributed by atoms with E-state index < -0.39 is 5.82 Å². The van der Waals surface area contributed by atoms with E-state index in [1.807, 2.05) is 6.92 Å². The van der Waals surface area contributed by atoms with Crippen LogP contribution >= 0.6 is 23.2 Å². The second kappa shape index (κ2) is 6.89. The summed E-state index contributed by atoms with van der Waals surface area (Å²) in [5.74, 6) is -0.436. The topological polar surface area (TPSA) is 21.3 Å². The number of rotatable bonds is 5. The number of nitrogens with one attached hydrogen (secondary N) is 1. The van der Waals surface area contributed by atoms with Gasteiger partial charge >= 0.3 is 0 Å². The highest BCUT2D eigenvalue weighted by atomic mass is 35.5. The van der Waals surface area contributed by atoms with Gasteiger partial charge in [-0.05, 0) is 44.9 Å². The number of hydrogen-bond donors (Lipinski definition) is 1. The SMILES string of the molecule is CC(NCCC1CCCO1)c1c(Cl)ccc(F)c1Cl. The van der Waals surface area contributed by atoms with Crippen LogP contribution in [0.2, 0.25) is 10.0 Å². The fraction of sp³-hybridized carbons (Fsp3) is 0.571. The van der Waals surface area contributed by atoms with Crippen LogP contribution in [0.4, 0.5) is 4.39 Å². The molecule has 1 heterocycles. The summed E-state index contributed by atoms with van der Waals surface area (Å²) >= 11 is 12.1. The van der Waals surface area contributed by atoms with Crippen LogP contribution < -0.4 is 5.32 Å². The molecular formula is C14H18Cl2FNO. The minimum absolute atomic E-state index is 0.0860. The molecular weight excluding hydrogens is 288 g/mol. The highest BCUT2D eigenvalue weighted by molar-refractivity contribution is 6.36. The van der Waals surface area contributed by atoms with E-state index in [4.69, 9.17) is 27.9 Å². The second-order valence-corrected chi connectivity index (χ2v) is 5.64. The van der Waals surface area contributed by atoms with Crippen molar-refractivity contribution in [2.75, 3.05) is 13.2 Å². The molecule has 2 rings (SSSR count).